The standard InChI is InChI=1S/C11H17ClN2O2/c1-7-5-10(12)14-6-8(7)11(16)9(15)3-4-13-2/h5-6,9,11,13,15-16H,3-4H2,1-2H3. The molecule has 0 saturated heterocycles. The Bertz CT molecular complexity index is 347. The molecule has 5 heteroatoms. The van der Waals surface area contributed by atoms with Crippen LogP contribution in [0.5, 0.6) is 0 Å². The second kappa shape index (κ2) is 6.15. The van der Waals surface area contributed by atoms with Gasteiger partial charge < -0.3 is 15.5 Å². The van der Waals surface area contributed by atoms with Crippen LogP contribution in [0.25, 0.3) is 0 Å². The van der Waals surface area contributed by atoms with Gasteiger partial charge >= 0.3 is 0 Å². The molecule has 4 nitrogen and oxygen atoms in total. The van der Waals surface area contributed by atoms with Gasteiger partial charge in [-0.1, -0.05) is 11.6 Å². The van der Waals surface area contributed by atoms with Crippen molar-refractivity contribution in [2.45, 2.75) is 25.6 Å². The van der Waals surface area contributed by atoms with Crippen LogP contribution in [0.4, 0.5) is 0 Å². The molecule has 3 N–H and O–H groups in total. The average Bonchev–Trinajstić information content (AvgIpc) is 2.25. The molecule has 1 aromatic heterocycles. The summed E-state index contributed by atoms with van der Waals surface area (Å²) in [6.07, 6.45) is 0.275. The minimum atomic E-state index is -0.918. The first-order valence-corrected chi connectivity index (χ1v) is 5.56. The van der Waals surface area contributed by atoms with Crippen molar-refractivity contribution in [2.24, 2.45) is 0 Å². The van der Waals surface area contributed by atoms with Crippen molar-refractivity contribution in [3.63, 3.8) is 0 Å². The van der Waals surface area contributed by atoms with Gasteiger partial charge in [-0.2, -0.15) is 0 Å². The number of hydrogen-bond donors (Lipinski definition) is 3. The maximum Gasteiger partial charge on any atom is 0.129 e. The molecule has 1 rings (SSSR count). The lowest BCUT2D eigenvalue weighted by atomic mass is 10.00. The molecular weight excluding hydrogens is 228 g/mol. The Labute approximate surface area is 100 Å². The van der Waals surface area contributed by atoms with E-state index in [0.29, 0.717) is 23.7 Å². The minimum absolute atomic E-state index is 0.387. The van der Waals surface area contributed by atoms with E-state index in [2.05, 4.69) is 10.3 Å². The summed E-state index contributed by atoms with van der Waals surface area (Å²) in [6.45, 7) is 2.48. The molecule has 0 saturated carbocycles. The Kier molecular flexibility index (Phi) is 5.15. The molecule has 1 heterocycles. The van der Waals surface area contributed by atoms with Crippen molar-refractivity contribution in [2.75, 3.05) is 13.6 Å². The van der Waals surface area contributed by atoms with Gasteiger partial charge in [-0.25, -0.2) is 4.98 Å². The number of hydrogen-bond acceptors (Lipinski definition) is 4. The van der Waals surface area contributed by atoms with Gasteiger partial charge in [0.15, 0.2) is 0 Å². The fraction of sp³-hybridized carbons (Fsp3) is 0.545. The van der Waals surface area contributed by atoms with Crippen LogP contribution in [0.15, 0.2) is 12.3 Å². The van der Waals surface area contributed by atoms with Crippen LogP contribution in [-0.4, -0.2) is 34.9 Å². The molecule has 0 aliphatic rings. The van der Waals surface area contributed by atoms with Gasteiger partial charge in [0.25, 0.3) is 0 Å². The fourth-order valence-electron chi connectivity index (χ4n) is 1.50. The van der Waals surface area contributed by atoms with Crippen LogP contribution in [0, 0.1) is 6.92 Å². The summed E-state index contributed by atoms with van der Waals surface area (Å²) in [5.41, 5.74) is 1.45. The molecule has 0 spiro atoms. The van der Waals surface area contributed by atoms with E-state index in [9.17, 15) is 10.2 Å². The number of halogens is 1. The van der Waals surface area contributed by atoms with E-state index >= 15 is 0 Å². The van der Waals surface area contributed by atoms with E-state index in [4.69, 9.17) is 11.6 Å². The van der Waals surface area contributed by atoms with E-state index in [0.717, 1.165) is 5.56 Å². The zero-order valence-electron chi connectivity index (χ0n) is 9.44. The van der Waals surface area contributed by atoms with Gasteiger partial charge in [0.1, 0.15) is 11.3 Å². The van der Waals surface area contributed by atoms with Crippen LogP contribution >= 0.6 is 11.6 Å². The zero-order chi connectivity index (χ0) is 12.1. The van der Waals surface area contributed by atoms with Gasteiger partial charge in [-0.3, -0.25) is 0 Å². The number of aliphatic hydroxyl groups excluding tert-OH is 2. The Balaban J connectivity index is 2.75. The number of rotatable bonds is 5. The van der Waals surface area contributed by atoms with E-state index in [1.54, 1.807) is 13.1 Å². The minimum Gasteiger partial charge on any atom is -0.390 e. The second-order valence-corrected chi connectivity index (χ2v) is 4.16. The highest BCUT2D eigenvalue weighted by atomic mass is 35.5. The number of nitrogens with zero attached hydrogens (tertiary/aromatic N) is 1. The zero-order valence-corrected chi connectivity index (χ0v) is 10.2. The molecule has 0 aromatic carbocycles. The van der Waals surface area contributed by atoms with Gasteiger partial charge in [-0.15, -0.1) is 0 Å². The molecule has 0 radical (unpaired) electrons. The van der Waals surface area contributed by atoms with E-state index in [1.165, 1.54) is 6.20 Å². The third-order valence-corrected chi connectivity index (χ3v) is 2.70. The van der Waals surface area contributed by atoms with Gasteiger partial charge in [-0.05, 0) is 38.6 Å². The number of aromatic nitrogens is 1. The van der Waals surface area contributed by atoms with Crippen LogP contribution in [0.1, 0.15) is 23.7 Å². The third kappa shape index (κ3) is 3.42. The summed E-state index contributed by atoms with van der Waals surface area (Å²) in [5.74, 6) is 0. The quantitative estimate of drug-likeness (QED) is 0.678. The number of pyridine rings is 1. The highest BCUT2D eigenvalue weighted by Crippen LogP contribution is 2.23. The molecule has 0 amide bonds. The molecule has 0 bridgehead atoms. The lowest BCUT2D eigenvalue weighted by Crippen LogP contribution is -2.24. The van der Waals surface area contributed by atoms with E-state index in [1.807, 2.05) is 6.92 Å². The van der Waals surface area contributed by atoms with Gasteiger partial charge in [0.2, 0.25) is 0 Å². The van der Waals surface area contributed by atoms with Gasteiger partial charge in [0.05, 0.1) is 6.10 Å². The molecule has 0 aliphatic heterocycles. The molecule has 0 aliphatic carbocycles. The van der Waals surface area contributed by atoms with Crippen LogP contribution < -0.4 is 5.32 Å². The molecular formula is C11H17ClN2O2. The lowest BCUT2D eigenvalue weighted by Gasteiger charge is -2.19. The maximum absolute atomic E-state index is 9.93. The first-order chi connectivity index (χ1) is 7.56. The van der Waals surface area contributed by atoms with Crippen molar-refractivity contribution in [3.8, 4) is 0 Å². The summed E-state index contributed by atoms with van der Waals surface area (Å²) in [6, 6.07) is 1.67. The smallest absolute Gasteiger partial charge is 0.129 e. The second-order valence-electron chi connectivity index (χ2n) is 3.77. The molecule has 90 valence electrons. The molecule has 2 atom stereocenters. The van der Waals surface area contributed by atoms with Crippen molar-refractivity contribution in [1.82, 2.24) is 10.3 Å². The molecule has 2 unspecified atom stereocenters. The van der Waals surface area contributed by atoms with Crippen LogP contribution in [0.3, 0.4) is 0 Å². The fourth-order valence-corrected chi connectivity index (χ4v) is 1.71. The Morgan fingerprint density at radius 1 is 1.50 bits per heavy atom. The van der Waals surface area contributed by atoms with Gasteiger partial charge in [0, 0.05) is 11.8 Å². The predicted molar refractivity (Wildman–Crippen MR) is 63.5 cm³/mol. The maximum atomic E-state index is 9.93. The summed E-state index contributed by atoms with van der Waals surface area (Å²) in [7, 11) is 1.80. The first kappa shape index (κ1) is 13.4. The summed E-state index contributed by atoms with van der Waals surface area (Å²) in [5, 5.41) is 23.0. The first-order valence-electron chi connectivity index (χ1n) is 5.19. The van der Waals surface area contributed by atoms with Crippen molar-refractivity contribution in [1.29, 1.82) is 0 Å². The summed E-state index contributed by atoms with van der Waals surface area (Å²) < 4.78 is 0. The largest absolute Gasteiger partial charge is 0.390 e. The Hall–Kier alpha value is -0.680. The SMILES string of the molecule is CNCCC(O)C(O)c1cnc(Cl)cc1C. The highest BCUT2D eigenvalue weighted by Gasteiger charge is 2.19. The highest BCUT2D eigenvalue weighted by molar-refractivity contribution is 6.29. The Morgan fingerprint density at radius 2 is 2.19 bits per heavy atom. The third-order valence-electron chi connectivity index (χ3n) is 2.49. The van der Waals surface area contributed by atoms with E-state index < -0.39 is 12.2 Å². The average molecular weight is 245 g/mol. The molecule has 1 aromatic rings. The summed E-state index contributed by atoms with van der Waals surface area (Å²) in [4.78, 5) is 3.90. The molecule has 0 fully saturated rings. The van der Waals surface area contributed by atoms with Crippen LogP contribution in [0.2, 0.25) is 5.15 Å². The lowest BCUT2D eigenvalue weighted by molar-refractivity contribution is 0.0135. The molecule has 16 heavy (non-hydrogen) atoms. The van der Waals surface area contributed by atoms with Crippen LogP contribution in [-0.2, 0) is 0 Å². The monoisotopic (exact) mass is 244 g/mol. The normalized spacial score (nSPS) is 14.8. The summed E-state index contributed by atoms with van der Waals surface area (Å²) >= 11 is 5.72. The number of aryl methyl sites for hydroxylation is 1. The van der Waals surface area contributed by atoms with E-state index in [-0.39, 0.29) is 0 Å². The number of nitrogens with one attached hydrogen (secondary N) is 1. The number of aliphatic hydroxyl groups is 2. The van der Waals surface area contributed by atoms with Crippen molar-refractivity contribution >= 4 is 11.6 Å². The topological polar surface area (TPSA) is 65.4 Å². The Morgan fingerprint density at radius 3 is 2.75 bits per heavy atom. The predicted octanol–water partition coefficient (Wildman–Crippen LogP) is 1.05. The van der Waals surface area contributed by atoms with Crippen molar-refractivity contribution < 1.29 is 10.2 Å². The van der Waals surface area contributed by atoms with Crippen molar-refractivity contribution in [3.05, 3.63) is 28.5 Å².